The fraction of sp³-hybridized carbons (Fsp3) is 0.111. The van der Waals surface area contributed by atoms with Gasteiger partial charge in [-0.25, -0.2) is 4.79 Å². The standard InChI is InChI=1S/C18H15Cl2N3O2/c1-2-23-14-6-4-3-5-13(14)15(16(23)20)17(24)22-18(25)21-12-9-7-11(19)8-10-12/h3-10H,2H2,1H3,(H2,21,22,24,25). The van der Waals surface area contributed by atoms with Crippen molar-refractivity contribution in [1.82, 2.24) is 9.88 Å². The fourth-order valence-corrected chi connectivity index (χ4v) is 3.18. The highest BCUT2D eigenvalue weighted by molar-refractivity contribution is 6.36. The molecule has 0 spiro atoms. The van der Waals surface area contributed by atoms with Crippen LogP contribution in [0.4, 0.5) is 10.5 Å². The molecule has 3 rings (SSSR count). The van der Waals surface area contributed by atoms with Gasteiger partial charge in [0.1, 0.15) is 5.15 Å². The molecular formula is C18H15Cl2N3O2. The molecular weight excluding hydrogens is 361 g/mol. The number of amides is 3. The molecule has 0 saturated heterocycles. The minimum absolute atomic E-state index is 0.283. The summed E-state index contributed by atoms with van der Waals surface area (Å²) in [6.45, 7) is 2.55. The second kappa shape index (κ2) is 7.17. The topological polar surface area (TPSA) is 63.1 Å². The number of nitrogens with zero attached hydrogens (tertiary/aromatic N) is 1. The van der Waals surface area contributed by atoms with Crippen LogP contribution in [0, 0.1) is 0 Å². The molecule has 0 unspecified atom stereocenters. The van der Waals surface area contributed by atoms with Crippen LogP contribution < -0.4 is 10.6 Å². The van der Waals surface area contributed by atoms with Crippen molar-refractivity contribution in [3.8, 4) is 0 Å². The first-order chi connectivity index (χ1) is 12.0. The number of hydrogen-bond acceptors (Lipinski definition) is 2. The van der Waals surface area contributed by atoms with Crippen LogP contribution in [0.1, 0.15) is 17.3 Å². The predicted molar refractivity (Wildman–Crippen MR) is 101 cm³/mol. The smallest absolute Gasteiger partial charge is 0.326 e. The number of aromatic nitrogens is 1. The number of para-hydroxylation sites is 1. The largest absolute Gasteiger partial charge is 0.331 e. The summed E-state index contributed by atoms with van der Waals surface area (Å²) in [5.74, 6) is -0.556. The molecule has 0 bridgehead atoms. The third kappa shape index (κ3) is 3.48. The quantitative estimate of drug-likeness (QED) is 0.681. The second-order valence-electron chi connectivity index (χ2n) is 5.34. The number of carbonyl (C=O) groups excluding carboxylic acids is 2. The first-order valence-electron chi connectivity index (χ1n) is 7.66. The number of nitrogens with one attached hydrogen (secondary N) is 2. The summed E-state index contributed by atoms with van der Waals surface area (Å²) in [4.78, 5) is 24.7. The molecule has 0 saturated carbocycles. The van der Waals surface area contributed by atoms with Crippen LogP contribution in [0.25, 0.3) is 10.9 Å². The lowest BCUT2D eigenvalue weighted by molar-refractivity contribution is 0.0968. The van der Waals surface area contributed by atoms with Crippen LogP contribution in [0.5, 0.6) is 0 Å². The number of aryl methyl sites for hydroxylation is 1. The molecule has 0 fully saturated rings. The molecule has 1 aromatic heterocycles. The number of carbonyl (C=O) groups is 2. The maximum absolute atomic E-state index is 12.6. The van der Waals surface area contributed by atoms with E-state index < -0.39 is 11.9 Å². The van der Waals surface area contributed by atoms with Crippen LogP contribution in [-0.4, -0.2) is 16.5 Å². The summed E-state index contributed by atoms with van der Waals surface area (Å²) in [5.41, 5.74) is 1.65. The van der Waals surface area contributed by atoms with E-state index in [0.717, 1.165) is 5.52 Å². The number of urea groups is 1. The Bertz CT molecular complexity index is 949. The van der Waals surface area contributed by atoms with Gasteiger partial charge in [0, 0.05) is 28.2 Å². The van der Waals surface area contributed by atoms with Gasteiger partial charge in [-0.15, -0.1) is 0 Å². The van der Waals surface area contributed by atoms with Crippen molar-refractivity contribution < 1.29 is 9.59 Å². The zero-order chi connectivity index (χ0) is 18.0. The zero-order valence-corrected chi connectivity index (χ0v) is 14.9. The van der Waals surface area contributed by atoms with E-state index >= 15 is 0 Å². The molecule has 0 atom stereocenters. The van der Waals surface area contributed by atoms with Crippen molar-refractivity contribution in [3.05, 3.63) is 64.3 Å². The third-order valence-corrected chi connectivity index (χ3v) is 4.42. The van der Waals surface area contributed by atoms with Crippen molar-refractivity contribution in [2.24, 2.45) is 0 Å². The molecule has 128 valence electrons. The van der Waals surface area contributed by atoms with E-state index in [2.05, 4.69) is 10.6 Å². The predicted octanol–water partition coefficient (Wildman–Crippen LogP) is 4.93. The van der Waals surface area contributed by atoms with Gasteiger partial charge in [-0.1, -0.05) is 41.4 Å². The van der Waals surface area contributed by atoms with Crippen LogP contribution >= 0.6 is 23.2 Å². The number of hydrogen-bond donors (Lipinski definition) is 2. The zero-order valence-electron chi connectivity index (χ0n) is 13.3. The highest BCUT2D eigenvalue weighted by Gasteiger charge is 2.22. The Kier molecular flexibility index (Phi) is 4.97. The molecule has 7 heteroatoms. The van der Waals surface area contributed by atoms with Gasteiger partial charge in [-0.05, 0) is 37.3 Å². The normalized spacial score (nSPS) is 10.7. The number of rotatable bonds is 3. The third-order valence-electron chi connectivity index (χ3n) is 3.78. The van der Waals surface area contributed by atoms with Crippen molar-refractivity contribution >= 4 is 51.7 Å². The Morgan fingerprint density at radius 3 is 2.40 bits per heavy atom. The average Bonchev–Trinajstić information content (AvgIpc) is 2.88. The van der Waals surface area contributed by atoms with Gasteiger partial charge in [0.25, 0.3) is 5.91 Å². The van der Waals surface area contributed by atoms with E-state index in [0.29, 0.717) is 27.8 Å². The van der Waals surface area contributed by atoms with Gasteiger partial charge in [0.2, 0.25) is 0 Å². The monoisotopic (exact) mass is 375 g/mol. The molecule has 0 aliphatic rings. The van der Waals surface area contributed by atoms with Crippen LogP contribution in [0.2, 0.25) is 10.2 Å². The minimum Gasteiger partial charge on any atom is -0.331 e. The molecule has 1 heterocycles. The lowest BCUT2D eigenvalue weighted by Crippen LogP contribution is -2.34. The highest BCUT2D eigenvalue weighted by atomic mass is 35.5. The summed E-state index contributed by atoms with van der Waals surface area (Å²) in [6.07, 6.45) is 0. The SMILES string of the molecule is CCn1c(Cl)c(C(=O)NC(=O)Nc2ccc(Cl)cc2)c2ccccc21. The van der Waals surface area contributed by atoms with E-state index in [1.165, 1.54) is 0 Å². The van der Waals surface area contributed by atoms with Crippen LogP contribution in [0.3, 0.4) is 0 Å². The summed E-state index contributed by atoms with van der Waals surface area (Å²) >= 11 is 12.2. The molecule has 5 nitrogen and oxygen atoms in total. The number of imide groups is 1. The molecule has 0 radical (unpaired) electrons. The number of benzene rings is 2. The van der Waals surface area contributed by atoms with Gasteiger partial charge in [0.05, 0.1) is 5.56 Å². The number of fused-ring (bicyclic) bond motifs is 1. The van der Waals surface area contributed by atoms with Crippen molar-refractivity contribution in [1.29, 1.82) is 0 Å². The molecule has 0 aliphatic carbocycles. The Morgan fingerprint density at radius 2 is 1.72 bits per heavy atom. The number of anilines is 1. The van der Waals surface area contributed by atoms with Gasteiger partial charge in [0.15, 0.2) is 0 Å². The van der Waals surface area contributed by atoms with Crippen molar-refractivity contribution in [2.45, 2.75) is 13.5 Å². The maximum atomic E-state index is 12.6. The lowest BCUT2D eigenvalue weighted by atomic mass is 10.1. The van der Waals surface area contributed by atoms with Gasteiger partial charge < -0.3 is 9.88 Å². The minimum atomic E-state index is -0.642. The number of halogens is 2. The summed E-state index contributed by atoms with van der Waals surface area (Å²) in [7, 11) is 0. The maximum Gasteiger partial charge on any atom is 0.326 e. The molecule has 3 amide bonds. The van der Waals surface area contributed by atoms with Gasteiger partial charge in [-0.3, -0.25) is 10.1 Å². The van der Waals surface area contributed by atoms with Gasteiger partial charge in [-0.2, -0.15) is 0 Å². The lowest BCUT2D eigenvalue weighted by Gasteiger charge is -2.07. The van der Waals surface area contributed by atoms with Crippen LogP contribution in [-0.2, 0) is 6.54 Å². The Labute approximate surface area is 154 Å². The van der Waals surface area contributed by atoms with E-state index in [9.17, 15) is 9.59 Å². The fourth-order valence-electron chi connectivity index (χ4n) is 2.66. The first kappa shape index (κ1) is 17.3. The molecule has 2 aromatic carbocycles. The Hall–Kier alpha value is -2.50. The average molecular weight is 376 g/mol. The van der Waals surface area contributed by atoms with E-state index in [4.69, 9.17) is 23.2 Å². The molecule has 2 N–H and O–H groups in total. The van der Waals surface area contributed by atoms with E-state index in [1.54, 1.807) is 30.3 Å². The van der Waals surface area contributed by atoms with Crippen molar-refractivity contribution in [2.75, 3.05) is 5.32 Å². The molecule has 3 aromatic rings. The van der Waals surface area contributed by atoms with Crippen molar-refractivity contribution in [3.63, 3.8) is 0 Å². The van der Waals surface area contributed by atoms with E-state index in [1.807, 2.05) is 29.7 Å². The highest BCUT2D eigenvalue weighted by Crippen LogP contribution is 2.30. The first-order valence-corrected chi connectivity index (χ1v) is 8.41. The van der Waals surface area contributed by atoms with E-state index in [-0.39, 0.29) is 5.56 Å². The Balaban J connectivity index is 1.84. The molecule has 25 heavy (non-hydrogen) atoms. The van der Waals surface area contributed by atoms with Gasteiger partial charge >= 0.3 is 6.03 Å². The Morgan fingerprint density at radius 1 is 1.04 bits per heavy atom. The van der Waals surface area contributed by atoms with Crippen LogP contribution in [0.15, 0.2) is 48.5 Å². The second-order valence-corrected chi connectivity index (χ2v) is 6.14. The summed E-state index contributed by atoms with van der Waals surface area (Å²) in [5, 5.41) is 6.45. The summed E-state index contributed by atoms with van der Waals surface area (Å²) in [6, 6.07) is 13.3. The summed E-state index contributed by atoms with van der Waals surface area (Å²) < 4.78 is 1.82. The molecule has 0 aliphatic heterocycles.